The van der Waals surface area contributed by atoms with Gasteiger partial charge < -0.3 is 25.0 Å². The normalized spacial score (nSPS) is 31.5. The molecule has 4 N–H and O–H groups in total. The van der Waals surface area contributed by atoms with E-state index in [1.807, 2.05) is 0 Å². The molecular formula is C19H32FN4O5PS. The first kappa shape index (κ1) is 25.9. The second kappa shape index (κ2) is 10.0. The highest BCUT2D eigenvalue weighted by Crippen LogP contribution is 2.52. The molecule has 2 heterocycles. The van der Waals surface area contributed by atoms with Gasteiger partial charge in [-0.1, -0.05) is 13.5 Å². The fourth-order valence-corrected chi connectivity index (χ4v) is 6.41. The molecule has 0 aromatic heterocycles. The average molecular weight is 479 g/mol. The van der Waals surface area contributed by atoms with Crippen LogP contribution in [0, 0.1) is 5.41 Å². The molecule has 0 radical (unpaired) electrons. The number of amidine groups is 1. The van der Waals surface area contributed by atoms with Crippen LogP contribution in [-0.4, -0.2) is 70.6 Å². The van der Waals surface area contributed by atoms with Crippen molar-refractivity contribution < 1.29 is 28.1 Å². The van der Waals surface area contributed by atoms with Crippen LogP contribution in [0.1, 0.15) is 27.7 Å². The van der Waals surface area contributed by atoms with Gasteiger partial charge in [-0.05, 0) is 26.8 Å². The highest BCUT2D eigenvalue weighted by atomic mass is 32.2. The number of alkyl halides is 1. The maximum Gasteiger partial charge on any atom is 0.323 e. The molecule has 176 valence electrons. The minimum atomic E-state index is -3.41. The number of hydrogen-bond donors (Lipinski definition) is 3. The van der Waals surface area contributed by atoms with E-state index in [2.05, 4.69) is 16.7 Å². The summed E-state index contributed by atoms with van der Waals surface area (Å²) in [5.41, 5.74) is 4.50. The van der Waals surface area contributed by atoms with E-state index in [-0.39, 0.29) is 18.5 Å². The third-order valence-corrected chi connectivity index (χ3v) is 8.35. The van der Waals surface area contributed by atoms with Crippen molar-refractivity contribution in [3.05, 3.63) is 24.7 Å². The van der Waals surface area contributed by atoms with E-state index in [0.29, 0.717) is 5.82 Å². The zero-order valence-electron chi connectivity index (χ0n) is 18.4. The molecule has 9 nitrogen and oxygen atoms in total. The molecule has 0 aromatic rings. The summed E-state index contributed by atoms with van der Waals surface area (Å²) in [6.45, 7) is 11.2. The first-order valence-corrected chi connectivity index (χ1v) is 12.9. The fourth-order valence-electron chi connectivity index (χ4n) is 3.23. The zero-order valence-corrected chi connectivity index (χ0v) is 20.2. The third kappa shape index (κ3) is 6.10. The van der Waals surface area contributed by atoms with Gasteiger partial charge in [0.2, 0.25) is 0 Å². The van der Waals surface area contributed by atoms with Crippen molar-refractivity contribution in [2.45, 2.75) is 56.6 Å². The Hall–Kier alpha value is -1.39. The van der Waals surface area contributed by atoms with Gasteiger partial charge in [-0.3, -0.25) is 9.36 Å². The zero-order chi connectivity index (χ0) is 23.6. The van der Waals surface area contributed by atoms with Crippen molar-refractivity contribution in [1.82, 2.24) is 9.99 Å². The first-order valence-electron chi connectivity index (χ1n) is 9.91. The van der Waals surface area contributed by atoms with Crippen molar-refractivity contribution in [3.8, 4) is 0 Å². The summed E-state index contributed by atoms with van der Waals surface area (Å²) in [6.07, 6.45) is 1.40. The first-order chi connectivity index (χ1) is 14.3. The molecular weight excluding hydrogens is 446 g/mol. The fraction of sp³-hybridized carbons (Fsp3) is 0.684. The summed E-state index contributed by atoms with van der Waals surface area (Å²) in [4.78, 5) is 17.6. The number of carbonyl (C=O) groups is 1. The maximum absolute atomic E-state index is 15.4. The number of aliphatic imine (C=N–C) groups is 1. The van der Waals surface area contributed by atoms with Gasteiger partial charge in [-0.2, -0.15) is 0 Å². The number of hydrogen-bond acceptors (Lipinski definition) is 9. The number of thioether (sulfide) groups is 1. The Labute approximate surface area is 186 Å². The Morgan fingerprint density at radius 3 is 2.74 bits per heavy atom. The lowest BCUT2D eigenvalue weighted by Gasteiger charge is -2.33. The van der Waals surface area contributed by atoms with Gasteiger partial charge in [0, 0.05) is 23.5 Å². The summed E-state index contributed by atoms with van der Waals surface area (Å²) in [6, 6.07) is -0.842. The number of aliphatic hydroxyl groups is 1. The highest BCUT2D eigenvalue weighted by molar-refractivity contribution is 8.00. The Morgan fingerprint density at radius 1 is 1.55 bits per heavy atom. The smallest absolute Gasteiger partial charge is 0.323 e. The summed E-state index contributed by atoms with van der Waals surface area (Å²) in [5, 5.41) is 11.4. The monoisotopic (exact) mass is 478 g/mol. The maximum atomic E-state index is 15.4. The Kier molecular flexibility index (Phi) is 8.38. The van der Waals surface area contributed by atoms with Crippen LogP contribution in [-0.2, 0) is 18.6 Å². The van der Waals surface area contributed by atoms with Crippen molar-refractivity contribution in [2.24, 2.45) is 16.1 Å². The van der Waals surface area contributed by atoms with E-state index in [1.54, 1.807) is 37.9 Å². The quantitative estimate of drug-likeness (QED) is 0.338. The Bertz CT molecular complexity index is 810. The largest absolute Gasteiger partial charge is 0.462 e. The molecule has 6 atom stereocenters. The predicted molar refractivity (Wildman–Crippen MR) is 120 cm³/mol. The van der Waals surface area contributed by atoms with Crippen LogP contribution < -0.4 is 10.8 Å². The minimum Gasteiger partial charge on any atom is -0.462 e. The minimum absolute atomic E-state index is 0.0964. The molecule has 0 aromatic carbocycles. The van der Waals surface area contributed by atoms with E-state index in [4.69, 9.17) is 15.0 Å². The molecule has 1 saturated heterocycles. The molecule has 31 heavy (non-hydrogen) atoms. The van der Waals surface area contributed by atoms with E-state index >= 15 is 4.39 Å². The predicted octanol–water partition coefficient (Wildman–Crippen LogP) is 2.19. The average Bonchev–Trinajstić information content (AvgIpc) is 2.91. The second-order valence-electron chi connectivity index (χ2n) is 8.23. The third-order valence-electron chi connectivity index (χ3n) is 5.10. The summed E-state index contributed by atoms with van der Waals surface area (Å²) < 4.78 is 39.0. The molecule has 0 aliphatic carbocycles. The van der Waals surface area contributed by atoms with E-state index in [9.17, 15) is 14.5 Å². The van der Waals surface area contributed by atoms with Gasteiger partial charge in [0.15, 0.2) is 0 Å². The van der Waals surface area contributed by atoms with Crippen LogP contribution in [0.5, 0.6) is 0 Å². The van der Waals surface area contributed by atoms with Crippen LogP contribution in [0.25, 0.3) is 0 Å². The van der Waals surface area contributed by atoms with Gasteiger partial charge in [0.1, 0.15) is 29.2 Å². The van der Waals surface area contributed by atoms with Crippen molar-refractivity contribution in [1.29, 1.82) is 0 Å². The van der Waals surface area contributed by atoms with E-state index in [1.165, 1.54) is 25.4 Å². The Morgan fingerprint density at radius 2 is 2.19 bits per heavy atom. The number of ether oxygens (including phenoxy) is 1. The number of nitrogens with zero attached hydrogens (tertiary/aromatic N) is 2. The van der Waals surface area contributed by atoms with Gasteiger partial charge in [0.25, 0.3) is 7.52 Å². The lowest BCUT2D eigenvalue weighted by molar-refractivity contribution is -0.149. The molecule has 0 spiro atoms. The van der Waals surface area contributed by atoms with Gasteiger partial charge in [-0.15, -0.1) is 11.8 Å². The molecule has 1 fully saturated rings. The summed E-state index contributed by atoms with van der Waals surface area (Å²) in [5.74, 6) is 0.0186. The number of aliphatic hydroxyl groups excluding tert-OH is 1. The van der Waals surface area contributed by atoms with Gasteiger partial charge >= 0.3 is 5.97 Å². The molecule has 0 bridgehead atoms. The lowest BCUT2D eigenvalue weighted by atomic mass is 9.82. The van der Waals surface area contributed by atoms with Gasteiger partial charge in [-0.25, -0.2) is 14.5 Å². The van der Waals surface area contributed by atoms with Gasteiger partial charge in [0.05, 0.1) is 19.3 Å². The van der Waals surface area contributed by atoms with Crippen molar-refractivity contribution in [2.75, 3.05) is 19.9 Å². The van der Waals surface area contributed by atoms with Crippen LogP contribution in [0.15, 0.2) is 29.7 Å². The highest BCUT2D eigenvalue weighted by Gasteiger charge is 2.55. The standard InChI is InChI=1S/C19H32FN4O5PS/c1-11(2)29-18(26)12(3)23-30(6,27)28-9-14-19(5,10-25)16(20)17(31-14)24-8-7-15(21)22-13(24)4/h7-8,11-12,14,16-17,25H,4,9-10H2,1-3,5-6H3,(H2,21,22)(H,23,27)/t12-,14+,16-,17+,19?,30?/m0/s1. The number of esters is 1. The molecule has 0 amide bonds. The molecule has 2 rings (SSSR count). The summed E-state index contributed by atoms with van der Waals surface area (Å²) >= 11 is 1.24. The van der Waals surface area contributed by atoms with Crippen LogP contribution >= 0.6 is 19.3 Å². The van der Waals surface area contributed by atoms with Crippen molar-refractivity contribution >= 4 is 31.1 Å². The van der Waals surface area contributed by atoms with Crippen LogP contribution in [0.2, 0.25) is 0 Å². The van der Waals surface area contributed by atoms with E-state index < -0.39 is 48.3 Å². The topological polar surface area (TPSA) is 126 Å². The number of halogens is 1. The Balaban J connectivity index is 2.06. The van der Waals surface area contributed by atoms with Crippen LogP contribution in [0.3, 0.4) is 0 Å². The summed E-state index contributed by atoms with van der Waals surface area (Å²) in [7, 11) is -3.41. The van der Waals surface area contributed by atoms with Crippen LogP contribution in [0.4, 0.5) is 4.39 Å². The number of nitrogens with one attached hydrogen (secondary N) is 1. The number of carbonyl (C=O) groups excluding carboxylic acids is 1. The molecule has 0 saturated carbocycles. The van der Waals surface area contributed by atoms with E-state index in [0.717, 1.165) is 0 Å². The van der Waals surface area contributed by atoms with Crippen molar-refractivity contribution in [3.63, 3.8) is 0 Å². The molecule has 12 heteroatoms. The molecule has 2 aliphatic rings. The molecule has 2 unspecified atom stereocenters. The second-order valence-corrected chi connectivity index (χ2v) is 11.8. The lowest BCUT2D eigenvalue weighted by Crippen LogP contribution is -2.44. The molecule has 2 aliphatic heterocycles. The SMILES string of the molecule is C=C1N=C(N)C=CN1[C@@H]1S[C@H](COP(C)(=O)N[C@@H](C)C(=O)OC(C)C)C(C)(CO)[C@H]1F. The number of rotatable bonds is 9. The number of nitrogens with two attached hydrogens (primary N) is 1.